The number of aromatic amines is 1. The Morgan fingerprint density at radius 2 is 2.00 bits per heavy atom. The van der Waals surface area contributed by atoms with Crippen LogP contribution in [0.5, 0.6) is 5.75 Å². The van der Waals surface area contributed by atoms with Gasteiger partial charge in [-0.3, -0.25) is 0 Å². The Hall–Kier alpha value is -2.33. The number of fused-ring (bicyclic) bond motifs is 3. The normalized spacial score (nSPS) is 17.1. The Bertz CT molecular complexity index is 929. The fourth-order valence-corrected chi connectivity index (χ4v) is 3.79. The maximum atomic E-state index is 13.7. The molecule has 2 aromatic carbocycles. The first-order chi connectivity index (χ1) is 12.1. The van der Waals surface area contributed by atoms with Crippen molar-refractivity contribution in [1.29, 1.82) is 0 Å². The van der Waals surface area contributed by atoms with Crippen molar-refractivity contribution in [3.63, 3.8) is 0 Å². The molecule has 1 aliphatic rings. The molecule has 0 saturated heterocycles. The van der Waals surface area contributed by atoms with Gasteiger partial charge in [0.25, 0.3) is 0 Å². The van der Waals surface area contributed by atoms with Gasteiger partial charge in [-0.1, -0.05) is 26.0 Å². The van der Waals surface area contributed by atoms with Crippen LogP contribution in [0, 0.1) is 5.82 Å². The van der Waals surface area contributed by atoms with Crippen LogP contribution in [0.1, 0.15) is 48.2 Å². The molecule has 25 heavy (non-hydrogen) atoms. The van der Waals surface area contributed by atoms with E-state index in [9.17, 15) is 4.39 Å². The van der Waals surface area contributed by atoms with Crippen LogP contribution >= 0.6 is 0 Å². The quantitative estimate of drug-likeness (QED) is 0.728. The van der Waals surface area contributed by atoms with Crippen LogP contribution in [0.3, 0.4) is 0 Å². The number of nitrogens with one attached hydrogen (secondary N) is 2. The molecule has 2 N–H and O–H groups in total. The molecule has 3 nitrogen and oxygen atoms in total. The van der Waals surface area contributed by atoms with E-state index in [2.05, 4.69) is 42.3 Å². The van der Waals surface area contributed by atoms with Crippen molar-refractivity contribution in [1.82, 2.24) is 10.3 Å². The van der Waals surface area contributed by atoms with Gasteiger partial charge in [0.15, 0.2) is 0 Å². The molecular formula is C21H23FN2O. The highest BCUT2D eigenvalue weighted by molar-refractivity contribution is 5.85. The molecule has 2 heterocycles. The van der Waals surface area contributed by atoms with Crippen molar-refractivity contribution in [2.24, 2.45) is 0 Å². The molecule has 1 atom stereocenters. The Morgan fingerprint density at radius 3 is 2.76 bits per heavy atom. The average molecular weight is 338 g/mol. The summed E-state index contributed by atoms with van der Waals surface area (Å²) in [4.78, 5) is 3.50. The van der Waals surface area contributed by atoms with Crippen LogP contribution in [-0.4, -0.2) is 18.6 Å². The second-order valence-electron chi connectivity index (χ2n) is 7.00. The monoisotopic (exact) mass is 338 g/mol. The van der Waals surface area contributed by atoms with E-state index >= 15 is 0 Å². The summed E-state index contributed by atoms with van der Waals surface area (Å²) in [6.45, 7) is 5.21. The molecule has 3 aromatic rings. The third kappa shape index (κ3) is 2.71. The van der Waals surface area contributed by atoms with Crippen LogP contribution in [-0.2, 0) is 6.42 Å². The number of hydrogen-bond acceptors (Lipinski definition) is 2. The number of hydrogen-bond donors (Lipinski definition) is 2. The molecule has 0 amide bonds. The molecule has 130 valence electrons. The van der Waals surface area contributed by atoms with E-state index in [4.69, 9.17) is 4.74 Å². The lowest BCUT2D eigenvalue weighted by Gasteiger charge is -2.26. The summed E-state index contributed by atoms with van der Waals surface area (Å²) in [5, 5.41) is 4.57. The van der Waals surface area contributed by atoms with Gasteiger partial charge in [0.05, 0.1) is 13.2 Å². The summed E-state index contributed by atoms with van der Waals surface area (Å²) in [5.41, 5.74) is 5.67. The van der Waals surface area contributed by atoms with E-state index < -0.39 is 0 Å². The number of aromatic nitrogens is 1. The Morgan fingerprint density at radius 1 is 1.16 bits per heavy atom. The van der Waals surface area contributed by atoms with Gasteiger partial charge in [-0.05, 0) is 47.7 Å². The molecule has 0 bridgehead atoms. The van der Waals surface area contributed by atoms with Gasteiger partial charge in [0.1, 0.15) is 11.6 Å². The molecule has 0 radical (unpaired) electrons. The minimum Gasteiger partial charge on any atom is -0.496 e. The molecule has 1 aromatic heterocycles. The lowest BCUT2D eigenvalue weighted by molar-refractivity contribution is 0.401. The summed E-state index contributed by atoms with van der Waals surface area (Å²) in [7, 11) is 1.72. The summed E-state index contributed by atoms with van der Waals surface area (Å²) >= 11 is 0. The topological polar surface area (TPSA) is 37.0 Å². The van der Waals surface area contributed by atoms with Crippen LogP contribution in [0.2, 0.25) is 0 Å². The van der Waals surface area contributed by atoms with Crippen molar-refractivity contribution in [2.45, 2.75) is 32.2 Å². The van der Waals surface area contributed by atoms with Crippen LogP contribution < -0.4 is 10.1 Å². The zero-order valence-electron chi connectivity index (χ0n) is 14.8. The van der Waals surface area contributed by atoms with Gasteiger partial charge in [0, 0.05) is 28.7 Å². The summed E-state index contributed by atoms with van der Waals surface area (Å²) in [5.74, 6) is 1.15. The van der Waals surface area contributed by atoms with E-state index in [1.165, 1.54) is 17.2 Å². The van der Waals surface area contributed by atoms with Crippen molar-refractivity contribution in [2.75, 3.05) is 13.7 Å². The number of H-pyrrole nitrogens is 1. The Labute approximate surface area is 147 Å². The SMILES string of the molecule is COc1cc(C(C)C)ccc1C1NCCc2c1[nH]c1ccc(F)cc21. The smallest absolute Gasteiger partial charge is 0.124 e. The highest BCUT2D eigenvalue weighted by Crippen LogP contribution is 2.38. The maximum Gasteiger partial charge on any atom is 0.124 e. The number of halogens is 1. The van der Waals surface area contributed by atoms with E-state index in [0.717, 1.165) is 40.9 Å². The zero-order valence-corrected chi connectivity index (χ0v) is 14.8. The summed E-state index contributed by atoms with van der Waals surface area (Å²) in [6.07, 6.45) is 0.891. The van der Waals surface area contributed by atoms with Gasteiger partial charge in [-0.25, -0.2) is 4.39 Å². The van der Waals surface area contributed by atoms with Gasteiger partial charge < -0.3 is 15.0 Å². The number of rotatable bonds is 3. The fraction of sp³-hybridized carbons (Fsp3) is 0.333. The molecule has 1 aliphatic heterocycles. The Balaban J connectivity index is 1.85. The highest BCUT2D eigenvalue weighted by atomic mass is 19.1. The van der Waals surface area contributed by atoms with Crippen molar-refractivity contribution < 1.29 is 9.13 Å². The molecule has 0 aliphatic carbocycles. The second kappa shape index (κ2) is 6.19. The van der Waals surface area contributed by atoms with Crippen molar-refractivity contribution in [3.8, 4) is 5.75 Å². The summed E-state index contributed by atoms with van der Waals surface area (Å²) in [6, 6.07) is 11.4. The van der Waals surface area contributed by atoms with E-state index in [1.807, 2.05) is 6.07 Å². The molecule has 4 heteroatoms. The lowest BCUT2D eigenvalue weighted by atomic mass is 9.92. The Kier molecular flexibility index (Phi) is 4.00. The molecule has 4 rings (SSSR count). The fourth-order valence-electron chi connectivity index (χ4n) is 3.79. The third-order valence-electron chi connectivity index (χ3n) is 5.15. The van der Waals surface area contributed by atoms with Crippen LogP contribution in [0.15, 0.2) is 36.4 Å². The molecule has 0 saturated carbocycles. The van der Waals surface area contributed by atoms with Gasteiger partial charge in [-0.15, -0.1) is 0 Å². The predicted octanol–water partition coefficient (Wildman–Crippen LogP) is 4.67. The largest absolute Gasteiger partial charge is 0.496 e. The third-order valence-corrected chi connectivity index (χ3v) is 5.15. The first-order valence-electron chi connectivity index (χ1n) is 8.79. The lowest BCUT2D eigenvalue weighted by Crippen LogP contribution is -2.30. The van der Waals surface area contributed by atoms with Gasteiger partial charge in [0.2, 0.25) is 0 Å². The number of ether oxygens (including phenoxy) is 1. The summed E-state index contributed by atoms with van der Waals surface area (Å²) < 4.78 is 19.4. The zero-order chi connectivity index (χ0) is 17.6. The molecule has 0 spiro atoms. The second-order valence-corrected chi connectivity index (χ2v) is 7.00. The highest BCUT2D eigenvalue weighted by Gasteiger charge is 2.27. The van der Waals surface area contributed by atoms with E-state index in [0.29, 0.717) is 5.92 Å². The van der Waals surface area contributed by atoms with E-state index in [-0.39, 0.29) is 11.9 Å². The standard InChI is InChI=1S/C21H23FN2O/c1-12(2)13-4-6-16(19(10-13)25-3)20-21-15(8-9-23-20)17-11-14(22)5-7-18(17)24-21/h4-7,10-12,20,23-24H,8-9H2,1-3H3. The van der Waals surface area contributed by atoms with E-state index in [1.54, 1.807) is 13.2 Å². The van der Waals surface area contributed by atoms with Gasteiger partial charge in [-0.2, -0.15) is 0 Å². The average Bonchev–Trinajstić information content (AvgIpc) is 2.99. The molecule has 0 fully saturated rings. The predicted molar refractivity (Wildman–Crippen MR) is 98.9 cm³/mol. The van der Waals surface area contributed by atoms with Crippen molar-refractivity contribution in [3.05, 3.63) is 64.6 Å². The van der Waals surface area contributed by atoms with Crippen LogP contribution in [0.4, 0.5) is 4.39 Å². The first-order valence-corrected chi connectivity index (χ1v) is 8.79. The minimum atomic E-state index is -0.191. The number of benzene rings is 2. The maximum absolute atomic E-state index is 13.7. The molecular weight excluding hydrogens is 315 g/mol. The molecule has 1 unspecified atom stereocenters. The number of methoxy groups -OCH3 is 1. The van der Waals surface area contributed by atoms with Crippen LogP contribution in [0.25, 0.3) is 10.9 Å². The first kappa shape index (κ1) is 16.2. The van der Waals surface area contributed by atoms with Gasteiger partial charge >= 0.3 is 0 Å². The minimum absolute atomic E-state index is 0.0235. The van der Waals surface area contributed by atoms with Crippen molar-refractivity contribution >= 4 is 10.9 Å².